The lowest BCUT2D eigenvalue weighted by Gasteiger charge is -2.28. The topological polar surface area (TPSA) is 55.6 Å². The van der Waals surface area contributed by atoms with E-state index in [2.05, 4.69) is 0 Å². The summed E-state index contributed by atoms with van der Waals surface area (Å²) in [6.07, 6.45) is 2.81. The van der Waals surface area contributed by atoms with Gasteiger partial charge in [0.05, 0.1) is 6.04 Å². The Morgan fingerprint density at radius 1 is 1.53 bits per heavy atom. The third-order valence-corrected chi connectivity index (χ3v) is 3.01. The van der Waals surface area contributed by atoms with Crippen LogP contribution in [0.4, 0.5) is 0 Å². The molecule has 88 valence electrons. The second-order valence-electron chi connectivity index (χ2n) is 4.29. The zero-order valence-corrected chi connectivity index (χ0v) is 9.74. The van der Waals surface area contributed by atoms with Crippen LogP contribution in [0.25, 0.3) is 0 Å². The third kappa shape index (κ3) is 3.80. The van der Waals surface area contributed by atoms with Crippen LogP contribution in [0, 0.1) is 5.92 Å². The first-order chi connectivity index (χ1) is 7.15. The summed E-state index contributed by atoms with van der Waals surface area (Å²) < 4.78 is 5.28. The summed E-state index contributed by atoms with van der Waals surface area (Å²) in [5, 5.41) is 0. The molecule has 1 atom stereocenters. The fourth-order valence-electron chi connectivity index (χ4n) is 1.86. The molecule has 0 spiro atoms. The Hall–Kier alpha value is -0.610. The van der Waals surface area contributed by atoms with Gasteiger partial charge in [-0.25, -0.2) is 0 Å². The lowest BCUT2D eigenvalue weighted by Crippen LogP contribution is -2.43. The summed E-state index contributed by atoms with van der Waals surface area (Å²) in [4.78, 5) is 13.5. The highest BCUT2D eigenvalue weighted by molar-refractivity contribution is 5.81. The van der Waals surface area contributed by atoms with Crippen LogP contribution >= 0.6 is 0 Å². The monoisotopic (exact) mass is 214 g/mol. The van der Waals surface area contributed by atoms with Crippen molar-refractivity contribution in [2.45, 2.75) is 32.2 Å². The Balaban J connectivity index is 2.33. The Morgan fingerprint density at radius 3 is 2.67 bits per heavy atom. The van der Waals surface area contributed by atoms with Crippen LogP contribution in [0.15, 0.2) is 0 Å². The van der Waals surface area contributed by atoms with E-state index in [1.807, 2.05) is 14.0 Å². The predicted octanol–water partition coefficient (Wildman–Crippen LogP) is 0.609. The van der Waals surface area contributed by atoms with Crippen molar-refractivity contribution in [1.82, 2.24) is 4.90 Å². The van der Waals surface area contributed by atoms with Crippen molar-refractivity contribution in [2.24, 2.45) is 11.7 Å². The van der Waals surface area contributed by atoms with E-state index in [1.165, 1.54) is 0 Å². The van der Waals surface area contributed by atoms with Gasteiger partial charge in [-0.15, -0.1) is 0 Å². The van der Waals surface area contributed by atoms with Gasteiger partial charge in [0, 0.05) is 26.8 Å². The van der Waals surface area contributed by atoms with Gasteiger partial charge in [-0.3, -0.25) is 4.79 Å². The number of nitrogens with two attached hydrogens (primary N) is 1. The second-order valence-corrected chi connectivity index (χ2v) is 4.29. The first-order valence-corrected chi connectivity index (χ1v) is 5.73. The molecule has 4 nitrogen and oxygen atoms in total. The Kier molecular flexibility index (Phi) is 5.05. The van der Waals surface area contributed by atoms with E-state index in [9.17, 15) is 4.79 Å². The molecule has 1 amide bonds. The fourth-order valence-corrected chi connectivity index (χ4v) is 1.86. The number of carbonyl (C=O) groups is 1. The minimum atomic E-state index is -0.338. The Labute approximate surface area is 91.8 Å². The van der Waals surface area contributed by atoms with Crippen LogP contribution in [0.3, 0.4) is 0 Å². The first-order valence-electron chi connectivity index (χ1n) is 5.73. The number of hydrogen-bond acceptors (Lipinski definition) is 3. The van der Waals surface area contributed by atoms with E-state index < -0.39 is 0 Å². The van der Waals surface area contributed by atoms with Crippen molar-refractivity contribution in [2.75, 3.05) is 26.8 Å². The maximum Gasteiger partial charge on any atom is 0.239 e. The number of likely N-dealkylation sites (N-methyl/N-ethyl adjacent to an activating group) is 1. The van der Waals surface area contributed by atoms with Crippen LogP contribution in [0.5, 0.6) is 0 Å². The molecule has 1 aliphatic heterocycles. The van der Waals surface area contributed by atoms with E-state index in [0.29, 0.717) is 12.3 Å². The minimum Gasteiger partial charge on any atom is -0.381 e. The molecular weight excluding hydrogens is 192 g/mol. The van der Waals surface area contributed by atoms with Crippen molar-refractivity contribution in [3.8, 4) is 0 Å². The summed E-state index contributed by atoms with van der Waals surface area (Å²) in [6.45, 7) is 4.40. The number of nitrogens with zero attached hydrogens (tertiary/aromatic N) is 1. The average molecular weight is 214 g/mol. The van der Waals surface area contributed by atoms with Gasteiger partial charge in [0.25, 0.3) is 0 Å². The molecule has 4 heteroatoms. The molecule has 0 saturated carbocycles. The van der Waals surface area contributed by atoms with Crippen molar-refractivity contribution in [1.29, 1.82) is 0 Å². The van der Waals surface area contributed by atoms with E-state index >= 15 is 0 Å². The fraction of sp³-hybridized carbons (Fsp3) is 0.909. The molecule has 1 heterocycles. The van der Waals surface area contributed by atoms with Crippen molar-refractivity contribution in [3.05, 3.63) is 0 Å². The Bertz CT molecular complexity index is 203. The molecule has 0 aromatic rings. The van der Waals surface area contributed by atoms with Crippen LogP contribution in [-0.2, 0) is 9.53 Å². The molecule has 0 radical (unpaired) electrons. The average Bonchev–Trinajstić information content (AvgIpc) is 2.28. The SMILES string of the molecule is CC[C@H](N)C(=O)N(C)CC1CCOCC1. The molecule has 1 fully saturated rings. The van der Waals surface area contributed by atoms with Gasteiger partial charge in [0.2, 0.25) is 5.91 Å². The molecule has 1 rings (SSSR count). The van der Waals surface area contributed by atoms with Crippen LogP contribution in [-0.4, -0.2) is 43.7 Å². The van der Waals surface area contributed by atoms with E-state index in [0.717, 1.165) is 32.6 Å². The largest absolute Gasteiger partial charge is 0.381 e. The lowest BCUT2D eigenvalue weighted by atomic mass is 9.99. The summed E-state index contributed by atoms with van der Waals surface area (Å²) >= 11 is 0. The number of carbonyl (C=O) groups excluding carboxylic acids is 1. The molecule has 0 aromatic carbocycles. The third-order valence-electron chi connectivity index (χ3n) is 3.01. The lowest BCUT2D eigenvalue weighted by molar-refractivity contribution is -0.132. The molecule has 0 bridgehead atoms. The number of ether oxygens (including phenoxy) is 1. The highest BCUT2D eigenvalue weighted by Crippen LogP contribution is 2.15. The molecule has 1 aliphatic rings. The maximum atomic E-state index is 11.7. The van der Waals surface area contributed by atoms with Gasteiger partial charge in [0.1, 0.15) is 0 Å². The van der Waals surface area contributed by atoms with Crippen molar-refractivity contribution in [3.63, 3.8) is 0 Å². The zero-order chi connectivity index (χ0) is 11.3. The molecule has 0 aromatic heterocycles. The van der Waals surface area contributed by atoms with E-state index in [1.54, 1.807) is 4.90 Å². The smallest absolute Gasteiger partial charge is 0.239 e. The molecule has 2 N–H and O–H groups in total. The van der Waals surface area contributed by atoms with Gasteiger partial charge in [-0.05, 0) is 25.2 Å². The molecule has 1 saturated heterocycles. The quantitative estimate of drug-likeness (QED) is 0.746. The normalized spacial score (nSPS) is 19.9. The minimum absolute atomic E-state index is 0.0593. The first kappa shape index (κ1) is 12.5. The zero-order valence-electron chi connectivity index (χ0n) is 9.74. The van der Waals surface area contributed by atoms with Gasteiger partial charge in [0.15, 0.2) is 0 Å². The number of amides is 1. The van der Waals surface area contributed by atoms with Gasteiger partial charge < -0.3 is 15.4 Å². The Morgan fingerprint density at radius 2 is 2.13 bits per heavy atom. The van der Waals surface area contributed by atoms with Gasteiger partial charge in [-0.1, -0.05) is 6.92 Å². The predicted molar refractivity (Wildman–Crippen MR) is 59.4 cm³/mol. The van der Waals surface area contributed by atoms with Crippen molar-refractivity contribution < 1.29 is 9.53 Å². The van der Waals surface area contributed by atoms with E-state index in [4.69, 9.17) is 10.5 Å². The van der Waals surface area contributed by atoms with Crippen LogP contribution in [0.1, 0.15) is 26.2 Å². The number of rotatable bonds is 4. The summed E-state index contributed by atoms with van der Waals surface area (Å²) in [5.41, 5.74) is 5.71. The van der Waals surface area contributed by atoms with Crippen molar-refractivity contribution >= 4 is 5.91 Å². The number of hydrogen-bond donors (Lipinski definition) is 1. The van der Waals surface area contributed by atoms with E-state index in [-0.39, 0.29) is 11.9 Å². The highest BCUT2D eigenvalue weighted by atomic mass is 16.5. The van der Waals surface area contributed by atoms with Gasteiger partial charge >= 0.3 is 0 Å². The summed E-state index contributed by atoms with van der Waals surface area (Å²) in [5.74, 6) is 0.640. The molecule has 0 unspecified atom stereocenters. The summed E-state index contributed by atoms with van der Waals surface area (Å²) in [7, 11) is 1.84. The summed E-state index contributed by atoms with van der Waals surface area (Å²) in [6, 6.07) is -0.338. The second kappa shape index (κ2) is 6.08. The molecule has 0 aliphatic carbocycles. The molecule has 15 heavy (non-hydrogen) atoms. The highest BCUT2D eigenvalue weighted by Gasteiger charge is 2.21. The van der Waals surface area contributed by atoms with Crippen LogP contribution in [0.2, 0.25) is 0 Å². The maximum absolute atomic E-state index is 11.7. The van der Waals surface area contributed by atoms with Crippen LogP contribution < -0.4 is 5.73 Å². The standard InChI is InChI=1S/C11H22N2O2/c1-3-10(12)11(14)13(2)8-9-4-6-15-7-5-9/h9-10H,3-8,12H2,1-2H3/t10-/m0/s1. The molecular formula is C11H22N2O2. The van der Waals surface area contributed by atoms with Gasteiger partial charge in [-0.2, -0.15) is 0 Å².